The van der Waals surface area contributed by atoms with Gasteiger partial charge >= 0.3 is 6.18 Å². The minimum Gasteiger partial charge on any atom is -0.350 e. The summed E-state index contributed by atoms with van der Waals surface area (Å²) >= 11 is 0. The summed E-state index contributed by atoms with van der Waals surface area (Å²) in [5.74, 6) is -1.09. The van der Waals surface area contributed by atoms with Gasteiger partial charge in [0.1, 0.15) is 12.6 Å². The predicted molar refractivity (Wildman–Crippen MR) is 86.0 cm³/mol. The number of benzene rings is 1. The second kappa shape index (κ2) is 6.42. The zero-order valence-electron chi connectivity index (χ0n) is 13.6. The minimum atomic E-state index is -4.47. The van der Waals surface area contributed by atoms with Crippen molar-refractivity contribution in [1.82, 2.24) is 14.8 Å². The van der Waals surface area contributed by atoms with Crippen LogP contribution in [0.15, 0.2) is 30.5 Å². The molecule has 1 aliphatic rings. The van der Waals surface area contributed by atoms with Gasteiger partial charge in [0, 0.05) is 30.7 Å². The minimum absolute atomic E-state index is 0.332. The Balaban J connectivity index is 1.82. The molecule has 0 aliphatic carbocycles. The van der Waals surface area contributed by atoms with Gasteiger partial charge in [-0.15, -0.1) is 0 Å². The first kappa shape index (κ1) is 17.3. The van der Waals surface area contributed by atoms with Crippen molar-refractivity contribution in [2.75, 3.05) is 13.1 Å². The number of hydrogen-bond acceptors (Lipinski definition) is 2. The Morgan fingerprint density at radius 2 is 2.00 bits per heavy atom. The van der Waals surface area contributed by atoms with E-state index in [0.717, 1.165) is 10.9 Å². The first-order valence-corrected chi connectivity index (χ1v) is 7.97. The average molecular weight is 353 g/mol. The highest BCUT2D eigenvalue weighted by Gasteiger charge is 2.37. The van der Waals surface area contributed by atoms with Crippen LogP contribution in [0, 0.1) is 0 Å². The van der Waals surface area contributed by atoms with Crippen molar-refractivity contribution >= 4 is 22.7 Å². The molecule has 1 N–H and O–H groups in total. The van der Waals surface area contributed by atoms with Gasteiger partial charge in [0.05, 0.1) is 5.56 Å². The Labute approximate surface area is 142 Å². The molecule has 1 fully saturated rings. The molecule has 134 valence electrons. The molecule has 5 nitrogen and oxygen atoms in total. The van der Waals surface area contributed by atoms with Crippen LogP contribution in [0.4, 0.5) is 13.2 Å². The van der Waals surface area contributed by atoms with Gasteiger partial charge in [0.25, 0.3) is 5.91 Å². The molecule has 1 aromatic carbocycles. The van der Waals surface area contributed by atoms with E-state index in [4.69, 9.17) is 0 Å². The number of likely N-dealkylation sites (tertiary alicyclic amines) is 1. The molecule has 2 aromatic rings. The maximum atomic E-state index is 12.9. The molecule has 0 bridgehead atoms. The van der Waals surface area contributed by atoms with Crippen LogP contribution in [0.1, 0.15) is 23.2 Å². The smallest absolute Gasteiger partial charge is 0.350 e. The van der Waals surface area contributed by atoms with Gasteiger partial charge in [-0.2, -0.15) is 13.2 Å². The predicted octanol–water partition coefficient (Wildman–Crippen LogP) is 2.46. The largest absolute Gasteiger partial charge is 0.405 e. The summed E-state index contributed by atoms with van der Waals surface area (Å²) in [5, 5.41) is 2.64. The van der Waals surface area contributed by atoms with E-state index in [1.165, 1.54) is 4.90 Å². The molecule has 2 heterocycles. The number of alkyl halides is 3. The number of nitrogens with zero attached hydrogens (tertiary/aromatic N) is 2. The molecule has 1 saturated heterocycles. The molecule has 3 rings (SSSR count). The van der Waals surface area contributed by atoms with Crippen molar-refractivity contribution in [3.8, 4) is 0 Å². The molecular formula is C17H18F3N3O2. The monoisotopic (exact) mass is 353 g/mol. The van der Waals surface area contributed by atoms with Gasteiger partial charge in [0.15, 0.2) is 0 Å². The molecule has 25 heavy (non-hydrogen) atoms. The molecule has 2 amide bonds. The molecule has 8 heteroatoms. The fourth-order valence-corrected chi connectivity index (χ4v) is 3.25. The lowest BCUT2D eigenvalue weighted by molar-refractivity contribution is -0.140. The number of rotatable bonds is 3. The highest BCUT2D eigenvalue weighted by molar-refractivity contribution is 6.08. The first-order chi connectivity index (χ1) is 11.8. The number of hydrogen-bond donors (Lipinski definition) is 1. The van der Waals surface area contributed by atoms with Crippen molar-refractivity contribution in [1.29, 1.82) is 0 Å². The van der Waals surface area contributed by atoms with Crippen LogP contribution in [0.2, 0.25) is 0 Å². The lowest BCUT2D eigenvalue weighted by atomic mass is 10.1. The Kier molecular flexibility index (Phi) is 4.45. The van der Waals surface area contributed by atoms with Crippen molar-refractivity contribution in [2.45, 2.75) is 25.1 Å². The van der Waals surface area contributed by atoms with E-state index in [-0.39, 0.29) is 5.91 Å². The number of carbonyl (C=O) groups excluding carboxylic acids is 2. The SMILES string of the molecule is Cn1cc(C(=O)N2CCC[C@@H]2C(=O)NCC(F)(F)F)c2ccccc21. The van der Waals surface area contributed by atoms with E-state index in [1.54, 1.807) is 6.20 Å². The first-order valence-electron chi connectivity index (χ1n) is 7.97. The number of nitrogens with one attached hydrogen (secondary N) is 1. The molecule has 0 spiro atoms. The van der Waals surface area contributed by atoms with E-state index >= 15 is 0 Å². The number of halogens is 3. The Hall–Kier alpha value is -2.51. The maximum absolute atomic E-state index is 12.9. The molecule has 1 aliphatic heterocycles. The van der Waals surface area contributed by atoms with Gasteiger partial charge in [-0.3, -0.25) is 9.59 Å². The van der Waals surface area contributed by atoms with Crippen molar-refractivity contribution in [2.24, 2.45) is 7.05 Å². The van der Waals surface area contributed by atoms with Gasteiger partial charge in [-0.05, 0) is 18.9 Å². The van der Waals surface area contributed by atoms with Crippen LogP contribution in [-0.2, 0) is 11.8 Å². The normalized spacial score (nSPS) is 17.9. The maximum Gasteiger partial charge on any atom is 0.405 e. The summed E-state index contributed by atoms with van der Waals surface area (Å²) < 4.78 is 38.7. The molecular weight excluding hydrogens is 335 g/mol. The van der Waals surface area contributed by atoms with E-state index in [0.29, 0.717) is 24.9 Å². The van der Waals surface area contributed by atoms with Gasteiger partial charge in [-0.25, -0.2) is 0 Å². The summed E-state index contributed by atoms with van der Waals surface area (Å²) in [6.45, 7) is -1.04. The number of para-hydroxylation sites is 1. The quantitative estimate of drug-likeness (QED) is 0.922. The molecule has 0 radical (unpaired) electrons. The van der Waals surface area contributed by atoms with E-state index in [1.807, 2.05) is 41.2 Å². The fraction of sp³-hybridized carbons (Fsp3) is 0.412. The number of aryl methyl sites for hydroxylation is 1. The lowest BCUT2D eigenvalue weighted by Crippen LogP contribution is -2.48. The number of aromatic nitrogens is 1. The molecule has 1 aromatic heterocycles. The summed E-state index contributed by atoms with van der Waals surface area (Å²) in [5.41, 5.74) is 1.33. The fourth-order valence-electron chi connectivity index (χ4n) is 3.25. The number of amides is 2. The van der Waals surface area contributed by atoms with Crippen LogP contribution >= 0.6 is 0 Å². The standard InChI is InChI=1S/C17H18F3N3O2/c1-22-9-12(11-5-2-3-6-13(11)22)16(25)23-8-4-7-14(23)15(24)21-10-17(18,19)20/h2-3,5-6,9,14H,4,7-8,10H2,1H3,(H,21,24)/t14-/m1/s1. The second-order valence-electron chi connectivity index (χ2n) is 6.16. The van der Waals surface area contributed by atoms with Crippen LogP contribution in [-0.4, -0.2) is 46.6 Å². The molecule has 0 unspecified atom stereocenters. The van der Waals surface area contributed by atoms with E-state index < -0.39 is 24.7 Å². The van der Waals surface area contributed by atoms with Gasteiger partial charge in [-0.1, -0.05) is 18.2 Å². The van der Waals surface area contributed by atoms with Gasteiger partial charge in [0.2, 0.25) is 5.91 Å². The third-order valence-electron chi connectivity index (χ3n) is 4.41. The zero-order chi connectivity index (χ0) is 18.2. The third-order valence-corrected chi connectivity index (χ3v) is 4.41. The van der Waals surface area contributed by atoms with Gasteiger partial charge < -0.3 is 14.8 Å². The van der Waals surface area contributed by atoms with Crippen molar-refractivity contribution < 1.29 is 22.8 Å². The Morgan fingerprint density at radius 3 is 2.72 bits per heavy atom. The van der Waals surface area contributed by atoms with Crippen molar-refractivity contribution in [3.63, 3.8) is 0 Å². The van der Waals surface area contributed by atoms with Crippen LogP contribution in [0.25, 0.3) is 10.9 Å². The molecule has 0 saturated carbocycles. The summed E-state index contributed by atoms with van der Waals surface area (Å²) in [6.07, 6.45) is -1.84. The second-order valence-corrected chi connectivity index (χ2v) is 6.16. The zero-order valence-corrected chi connectivity index (χ0v) is 13.6. The van der Waals surface area contributed by atoms with Crippen molar-refractivity contribution in [3.05, 3.63) is 36.0 Å². The number of carbonyl (C=O) groups is 2. The highest BCUT2D eigenvalue weighted by atomic mass is 19.4. The third kappa shape index (κ3) is 3.47. The number of fused-ring (bicyclic) bond motifs is 1. The van der Waals surface area contributed by atoms with E-state index in [2.05, 4.69) is 0 Å². The summed E-state index contributed by atoms with van der Waals surface area (Å²) in [6, 6.07) is 6.51. The van der Waals surface area contributed by atoms with Crippen LogP contribution in [0.5, 0.6) is 0 Å². The summed E-state index contributed by atoms with van der Waals surface area (Å²) in [7, 11) is 1.82. The average Bonchev–Trinajstić information content (AvgIpc) is 3.17. The summed E-state index contributed by atoms with van der Waals surface area (Å²) in [4.78, 5) is 26.4. The molecule has 1 atom stereocenters. The highest BCUT2D eigenvalue weighted by Crippen LogP contribution is 2.26. The van der Waals surface area contributed by atoms with Crippen LogP contribution in [0.3, 0.4) is 0 Å². The van der Waals surface area contributed by atoms with E-state index in [9.17, 15) is 22.8 Å². The Bertz CT molecular complexity index is 813. The topological polar surface area (TPSA) is 54.3 Å². The lowest BCUT2D eigenvalue weighted by Gasteiger charge is -2.24. The van der Waals surface area contributed by atoms with Crippen LogP contribution < -0.4 is 5.32 Å². The Morgan fingerprint density at radius 1 is 1.28 bits per heavy atom.